The van der Waals surface area contributed by atoms with Gasteiger partial charge in [0, 0.05) is 0 Å². The summed E-state index contributed by atoms with van der Waals surface area (Å²) in [6.45, 7) is 3.87. The first-order valence-corrected chi connectivity index (χ1v) is 7.39. The van der Waals surface area contributed by atoms with Crippen LogP contribution in [-0.4, -0.2) is 11.8 Å². The second-order valence-electron chi connectivity index (χ2n) is 5.41. The van der Waals surface area contributed by atoms with E-state index in [0.29, 0.717) is 5.56 Å². The number of halogens is 2. The van der Waals surface area contributed by atoms with Gasteiger partial charge < -0.3 is 0 Å². The first kappa shape index (κ1) is 15.4. The van der Waals surface area contributed by atoms with Crippen LogP contribution in [0.1, 0.15) is 16.7 Å². The minimum atomic E-state index is -0.643. The maximum absolute atomic E-state index is 13.4. The van der Waals surface area contributed by atoms with Crippen LogP contribution in [-0.2, 0) is 9.59 Å². The average Bonchev–Trinajstić information content (AvgIpc) is 2.72. The lowest BCUT2D eigenvalue weighted by atomic mass is 10.0. The molecule has 0 unspecified atom stereocenters. The van der Waals surface area contributed by atoms with Gasteiger partial charge in [-0.15, -0.1) is 0 Å². The molecule has 0 fully saturated rings. The van der Waals surface area contributed by atoms with Crippen LogP contribution in [0.25, 0.3) is 5.57 Å². The van der Waals surface area contributed by atoms with Crippen LogP contribution in [0.2, 0.25) is 0 Å². The number of nitrogens with zero attached hydrogens (tertiary/aromatic N) is 1. The number of carbonyl (C=O) groups excluding carboxylic acids is 2. The Morgan fingerprint density at radius 1 is 0.957 bits per heavy atom. The van der Waals surface area contributed by atoms with Crippen molar-refractivity contribution in [3.05, 3.63) is 70.0 Å². The van der Waals surface area contributed by atoms with E-state index in [0.717, 1.165) is 22.1 Å². The van der Waals surface area contributed by atoms with E-state index in [-0.39, 0.29) is 16.3 Å². The Morgan fingerprint density at radius 2 is 1.70 bits per heavy atom. The summed E-state index contributed by atoms with van der Waals surface area (Å²) in [6.07, 6.45) is 0. The second kappa shape index (κ2) is 5.63. The predicted octanol–water partition coefficient (Wildman–Crippen LogP) is 3.97. The van der Waals surface area contributed by atoms with Gasteiger partial charge in [-0.05, 0) is 48.7 Å². The highest BCUT2D eigenvalue weighted by molar-refractivity contribution is 6.60. The Hall–Kier alpha value is -2.46. The molecule has 0 bridgehead atoms. The number of hydrogen-bond donors (Lipinski definition) is 0. The molecule has 0 aliphatic carbocycles. The number of anilines is 1. The molecule has 0 saturated heterocycles. The molecule has 2 aromatic rings. The fraction of sp³-hybridized carbons (Fsp3) is 0.111. The van der Waals surface area contributed by atoms with Crippen molar-refractivity contribution in [2.75, 3.05) is 4.90 Å². The van der Waals surface area contributed by atoms with E-state index in [1.165, 1.54) is 18.2 Å². The molecule has 0 atom stereocenters. The Labute approximate surface area is 138 Å². The van der Waals surface area contributed by atoms with Crippen molar-refractivity contribution in [3.8, 4) is 0 Å². The second-order valence-corrected chi connectivity index (χ2v) is 5.79. The molecule has 2 amide bonds. The predicted molar refractivity (Wildman–Crippen MR) is 87.6 cm³/mol. The number of imide groups is 1. The topological polar surface area (TPSA) is 37.4 Å². The normalized spacial score (nSPS) is 14.9. The summed E-state index contributed by atoms with van der Waals surface area (Å²) in [7, 11) is 0. The molecular weight excluding hydrogens is 317 g/mol. The monoisotopic (exact) mass is 329 g/mol. The molecule has 3 nitrogen and oxygen atoms in total. The standard InChI is InChI=1S/C18H13ClFNO2/c1-10-6-7-12(8-11(10)2)15-16(19)18(23)21(17(15)22)14-5-3-4-13(20)9-14/h3-9H,1-2H3. The summed E-state index contributed by atoms with van der Waals surface area (Å²) >= 11 is 6.11. The van der Waals surface area contributed by atoms with Gasteiger partial charge in [-0.3, -0.25) is 9.59 Å². The van der Waals surface area contributed by atoms with Crippen molar-refractivity contribution in [1.29, 1.82) is 0 Å². The minimum Gasteiger partial charge on any atom is -0.268 e. The van der Waals surface area contributed by atoms with Gasteiger partial charge >= 0.3 is 0 Å². The number of aryl methyl sites for hydroxylation is 2. The third-order valence-corrected chi connectivity index (χ3v) is 4.24. The molecule has 0 radical (unpaired) electrons. The molecule has 2 aromatic carbocycles. The lowest BCUT2D eigenvalue weighted by Gasteiger charge is -2.15. The molecule has 5 heteroatoms. The van der Waals surface area contributed by atoms with Gasteiger partial charge in [0.1, 0.15) is 10.8 Å². The molecule has 23 heavy (non-hydrogen) atoms. The van der Waals surface area contributed by atoms with Crippen molar-refractivity contribution >= 4 is 34.7 Å². The molecule has 0 aromatic heterocycles. The Bertz CT molecular complexity index is 873. The van der Waals surface area contributed by atoms with Crippen LogP contribution < -0.4 is 4.90 Å². The van der Waals surface area contributed by atoms with Crippen molar-refractivity contribution in [2.24, 2.45) is 0 Å². The molecule has 0 spiro atoms. The summed E-state index contributed by atoms with van der Waals surface area (Å²) in [5.74, 6) is -1.72. The molecule has 1 aliphatic rings. The molecule has 1 heterocycles. The lowest BCUT2D eigenvalue weighted by Crippen LogP contribution is -2.31. The van der Waals surface area contributed by atoms with E-state index in [1.54, 1.807) is 6.07 Å². The summed E-state index contributed by atoms with van der Waals surface area (Å²) in [5.41, 5.74) is 2.95. The van der Waals surface area contributed by atoms with Gasteiger partial charge in [0.25, 0.3) is 11.8 Å². The minimum absolute atomic E-state index is 0.143. The van der Waals surface area contributed by atoms with E-state index in [2.05, 4.69) is 0 Å². The van der Waals surface area contributed by atoms with Gasteiger partial charge in [0.2, 0.25) is 0 Å². The first-order chi connectivity index (χ1) is 10.9. The maximum Gasteiger partial charge on any atom is 0.277 e. The fourth-order valence-corrected chi connectivity index (χ4v) is 2.77. The van der Waals surface area contributed by atoms with Crippen LogP contribution in [0.3, 0.4) is 0 Å². The van der Waals surface area contributed by atoms with E-state index in [4.69, 9.17) is 11.6 Å². The van der Waals surface area contributed by atoms with Gasteiger partial charge in [0.15, 0.2) is 0 Å². The Kier molecular flexibility index (Phi) is 3.78. The van der Waals surface area contributed by atoms with Crippen molar-refractivity contribution in [3.63, 3.8) is 0 Å². The summed E-state index contributed by atoms with van der Waals surface area (Å²) in [5, 5.41) is -0.150. The van der Waals surface area contributed by atoms with E-state index in [1.807, 2.05) is 26.0 Å². The average molecular weight is 330 g/mol. The molecule has 3 rings (SSSR count). The Morgan fingerprint density at radius 3 is 2.35 bits per heavy atom. The number of benzene rings is 2. The number of hydrogen-bond acceptors (Lipinski definition) is 2. The van der Waals surface area contributed by atoms with E-state index < -0.39 is 17.6 Å². The van der Waals surface area contributed by atoms with Crippen LogP contribution >= 0.6 is 11.6 Å². The summed E-state index contributed by atoms with van der Waals surface area (Å²) < 4.78 is 13.4. The quantitative estimate of drug-likeness (QED) is 0.782. The third-order valence-electron chi connectivity index (χ3n) is 3.89. The first-order valence-electron chi connectivity index (χ1n) is 7.02. The van der Waals surface area contributed by atoms with Crippen molar-refractivity contribution in [2.45, 2.75) is 13.8 Å². The van der Waals surface area contributed by atoms with Gasteiger partial charge in [0.05, 0.1) is 11.3 Å². The van der Waals surface area contributed by atoms with Gasteiger partial charge in [-0.1, -0.05) is 35.9 Å². The smallest absolute Gasteiger partial charge is 0.268 e. The third kappa shape index (κ3) is 2.55. The molecule has 0 N–H and O–H groups in total. The number of amides is 2. The van der Waals surface area contributed by atoms with Crippen LogP contribution in [0, 0.1) is 19.7 Å². The van der Waals surface area contributed by atoms with Crippen LogP contribution in [0.4, 0.5) is 10.1 Å². The number of rotatable bonds is 2. The number of carbonyl (C=O) groups is 2. The highest BCUT2D eigenvalue weighted by Gasteiger charge is 2.39. The highest BCUT2D eigenvalue weighted by atomic mass is 35.5. The Balaban J connectivity index is 2.07. The lowest BCUT2D eigenvalue weighted by molar-refractivity contribution is -0.119. The molecule has 116 valence electrons. The van der Waals surface area contributed by atoms with Crippen LogP contribution in [0.15, 0.2) is 47.5 Å². The van der Waals surface area contributed by atoms with Gasteiger partial charge in [-0.2, -0.15) is 0 Å². The zero-order chi connectivity index (χ0) is 16.7. The largest absolute Gasteiger partial charge is 0.277 e. The SMILES string of the molecule is Cc1ccc(C2=C(Cl)C(=O)N(c3cccc(F)c3)C2=O)cc1C. The van der Waals surface area contributed by atoms with E-state index in [9.17, 15) is 14.0 Å². The van der Waals surface area contributed by atoms with Crippen molar-refractivity contribution in [1.82, 2.24) is 0 Å². The summed E-state index contributed by atoms with van der Waals surface area (Å²) in [6, 6.07) is 10.7. The fourth-order valence-electron chi connectivity index (χ4n) is 2.50. The van der Waals surface area contributed by atoms with Gasteiger partial charge in [-0.25, -0.2) is 9.29 Å². The molecule has 0 saturated carbocycles. The molecule has 1 aliphatic heterocycles. The zero-order valence-corrected chi connectivity index (χ0v) is 13.3. The molecular formula is C18H13ClFNO2. The highest BCUT2D eigenvalue weighted by Crippen LogP contribution is 2.35. The zero-order valence-electron chi connectivity index (χ0n) is 12.6. The maximum atomic E-state index is 13.4. The van der Waals surface area contributed by atoms with Crippen molar-refractivity contribution < 1.29 is 14.0 Å². The summed E-state index contributed by atoms with van der Waals surface area (Å²) in [4.78, 5) is 25.9. The van der Waals surface area contributed by atoms with Crippen LogP contribution in [0.5, 0.6) is 0 Å². The van der Waals surface area contributed by atoms with E-state index >= 15 is 0 Å².